The molecule has 2 aliphatic heterocycles. The Morgan fingerprint density at radius 2 is 1.81 bits per heavy atom. The van der Waals surface area contributed by atoms with Crippen LogP contribution in [0.15, 0.2) is 50.1 Å². The average molecular weight is 439 g/mol. The topological polar surface area (TPSA) is 81.7 Å². The minimum absolute atomic E-state index is 0. The lowest BCUT2D eigenvalue weighted by Gasteiger charge is -2.37. The first-order chi connectivity index (χ1) is 14.5. The van der Waals surface area contributed by atoms with Crippen molar-refractivity contribution in [2.24, 2.45) is 0 Å². The molecule has 0 aliphatic carbocycles. The van der Waals surface area contributed by atoms with Crippen molar-refractivity contribution >= 4 is 34.6 Å². The van der Waals surface area contributed by atoms with Crippen LogP contribution in [-0.4, -0.2) is 55.1 Å². The first-order valence-electron chi connectivity index (χ1n) is 9.88. The molecule has 9 heteroatoms. The predicted molar refractivity (Wildman–Crippen MR) is 126 cm³/mol. The number of hydrogen-bond donors (Lipinski definition) is 1. The van der Waals surface area contributed by atoms with Crippen LogP contribution in [0, 0.1) is 0 Å². The number of piperazine rings is 1. The van der Waals surface area contributed by atoms with E-state index in [2.05, 4.69) is 43.3 Å². The van der Waals surface area contributed by atoms with Crippen LogP contribution >= 0.6 is 11.8 Å². The van der Waals surface area contributed by atoms with E-state index in [1.54, 1.807) is 29.1 Å². The van der Waals surface area contributed by atoms with Gasteiger partial charge in [0.1, 0.15) is 16.4 Å². The van der Waals surface area contributed by atoms with E-state index in [9.17, 15) is 9.59 Å². The van der Waals surface area contributed by atoms with Gasteiger partial charge in [-0.3, -0.25) is 14.5 Å². The van der Waals surface area contributed by atoms with Crippen LogP contribution < -0.4 is 26.0 Å². The van der Waals surface area contributed by atoms with E-state index >= 15 is 0 Å². The van der Waals surface area contributed by atoms with E-state index in [1.807, 2.05) is 14.1 Å². The molecule has 0 radical (unpaired) electrons. The normalized spacial score (nSPS) is 15.6. The van der Waals surface area contributed by atoms with Crippen LogP contribution in [0.1, 0.15) is 13.0 Å². The molecule has 0 spiro atoms. The summed E-state index contributed by atoms with van der Waals surface area (Å²) >= 11 is 1.63. The predicted octanol–water partition coefficient (Wildman–Crippen LogP) is 2.31. The maximum absolute atomic E-state index is 12.1. The summed E-state index contributed by atoms with van der Waals surface area (Å²) in [6.45, 7) is 4.02. The summed E-state index contributed by atoms with van der Waals surface area (Å²) in [6, 6.07) is 6.46. The first kappa shape index (κ1) is 21.3. The molecule has 0 saturated carbocycles. The number of benzene rings is 1. The average Bonchev–Trinajstić information content (AvgIpc) is 2.75. The standard InChI is InChI=1S/C21H22N6O2S.CH4/c1-25(2)16-17(19(29)18(16)28)27-9-7-26(8-10-27)12-13-3-4-15-14(11-13)24-20-21(30-15)23-6-5-22-20;/h3-6,11H,7-10,12H2,1-2H3,(H,22,24);1H4. The van der Waals surface area contributed by atoms with Crippen LogP contribution in [0.4, 0.5) is 22.9 Å². The molecule has 2 aromatic carbocycles. The van der Waals surface area contributed by atoms with Crippen molar-refractivity contribution in [3.8, 4) is 0 Å². The fourth-order valence-corrected chi connectivity index (χ4v) is 4.92. The Morgan fingerprint density at radius 3 is 2.55 bits per heavy atom. The molecule has 3 heterocycles. The molecule has 5 rings (SSSR count). The molecule has 1 saturated heterocycles. The lowest BCUT2D eigenvalue weighted by Crippen LogP contribution is -2.52. The van der Waals surface area contributed by atoms with Crippen molar-refractivity contribution in [2.75, 3.05) is 55.4 Å². The van der Waals surface area contributed by atoms with Gasteiger partial charge in [0, 0.05) is 64.1 Å². The molecule has 0 bridgehead atoms. The van der Waals surface area contributed by atoms with Crippen LogP contribution in [0.5, 0.6) is 0 Å². The van der Waals surface area contributed by atoms with E-state index in [-0.39, 0.29) is 18.3 Å². The number of aromatic nitrogens is 2. The molecule has 2 aliphatic rings. The van der Waals surface area contributed by atoms with Gasteiger partial charge in [-0.05, 0) is 17.7 Å². The molecule has 0 atom stereocenters. The van der Waals surface area contributed by atoms with E-state index < -0.39 is 0 Å². The van der Waals surface area contributed by atoms with Gasteiger partial charge in [0.2, 0.25) is 0 Å². The highest BCUT2D eigenvalue weighted by Crippen LogP contribution is 2.42. The molecular weight excluding hydrogens is 412 g/mol. The summed E-state index contributed by atoms with van der Waals surface area (Å²) in [5.74, 6) is 0.797. The molecule has 0 amide bonds. The van der Waals surface area contributed by atoms with Gasteiger partial charge in [0.25, 0.3) is 10.9 Å². The maximum atomic E-state index is 12.1. The van der Waals surface area contributed by atoms with Gasteiger partial charge in [-0.15, -0.1) is 0 Å². The highest BCUT2D eigenvalue weighted by molar-refractivity contribution is 7.99. The molecule has 1 N–H and O–H groups in total. The van der Waals surface area contributed by atoms with E-state index in [4.69, 9.17) is 0 Å². The Balaban J connectivity index is 0.00000231. The first-order valence-corrected chi connectivity index (χ1v) is 10.7. The number of anilines is 4. The monoisotopic (exact) mass is 438 g/mol. The van der Waals surface area contributed by atoms with Crippen molar-refractivity contribution in [3.63, 3.8) is 0 Å². The van der Waals surface area contributed by atoms with Crippen LogP contribution in [0.25, 0.3) is 0 Å². The highest BCUT2D eigenvalue weighted by atomic mass is 32.2. The Bertz CT molecular complexity index is 1180. The SMILES string of the molecule is C.CN(C)c1c(N2CCN(Cc3ccc4c(c3)Nc3nccnc3S4)CC2)c(=O)c1=O. The minimum atomic E-state index is -0.372. The molecule has 8 nitrogen and oxygen atoms in total. The number of fused-ring (bicyclic) bond motifs is 2. The second kappa shape index (κ2) is 8.32. The number of nitrogens with one attached hydrogen (secondary N) is 1. The van der Waals surface area contributed by atoms with E-state index in [0.717, 1.165) is 54.2 Å². The Kier molecular flexibility index (Phi) is 5.72. The maximum Gasteiger partial charge on any atom is 0.253 e. The van der Waals surface area contributed by atoms with E-state index in [0.29, 0.717) is 11.4 Å². The summed E-state index contributed by atoms with van der Waals surface area (Å²) in [4.78, 5) is 40.0. The van der Waals surface area contributed by atoms with Gasteiger partial charge >= 0.3 is 0 Å². The minimum Gasteiger partial charge on any atom is -0.373 e. The van der Waals surface area contributed by atoms with E-state index in [1.165, 1.54) is 5.56 Å². The molecule has 162 valence electrons. The second-order valence-corrected chi connectivity index (χ2v) is 8.81. The molecule has 0 unspecified atom stereocenters. The highest BCUT2D eigenvalue weighted by Gasteiger charge is 2.29. The lowest BCUT2D eigenvalue weighted by molar-refractivity contribution is 0.249. The molecule has 1 fully saturated rings. The second-order valence-electron chi connectivity index (χ2n) is 7.78. The van der Waals surface area contributed by atoms with Crippen molar-refractivity contribution < 1.29 is 0 Å². The number of nitrogens with zero attached hydrogens (tertiary/aromatic N) is 5. The fraction of sp³-hybridized carbons (Fsp3) is 0.364. The van der Waals surface area contributed by atoms with Gasteiger partial charge in [-0.25, -0.2) is 9.97 Å². The van der Waals surface area contributed by atoms with Crippen molar-refractivity contribution in [1.82, 2.24) is 14.9 Å². The third-order valence-electron chi connectivity index (χ3n) is 5.57. The largest absolute Gasteiger partial charge is 0.373 e. The van der Waals surface area contributed by atoms with Crippen LogP contribution in [0.3, 0.4) is 0 Å². The molecule has 31 heavy (non-hydrogen) atoms. The zero-order valence-electron chi connectivity index (χ0n) is 16.9. The molecule has 1 aromatic heterocycles. The van der Waals surface area contributed by atoms with Gasteiger partial charge in [0.05, 0.1) is 5.69 Å². The number of hydrogen-bond acceptors (Lipinski definition) is 9. The summed E-state index contributed by atoms with van der Waals surface area (Å²) in [5, 5.41) is 4.27. The number of rotatable bonds is 4. The molecule has 3 aromatic rings. The smallest absolute Gasteiger partial charge is 0.253 e. The van der Waals surface area contributed by atoms with Gasteiger partial charge in [0.15, 0.2) is 5.82 Å². The van der Waals surface area contributed by atoms with Gasteiger partial charge < -0.3 is 15.1 Å². The Hall–Kier alpha value is -2.91. The van der Waals surface area contributed by atoms with Crippen molar-refractivity contribution in [3.05, 3.63) is 56.6 Å². The fourth-order valence-electron chi connectivity index (χ4n) is 4.04. The third kappa shape index (κ3) is 3.79. The Morgan fingerprint density at radius 1 is 1.06 bits per heavy atom. The Labute approximate surface area is 185 Å². The van der Waals surface area contributed by atoms with Gasteiger partial charge in [-0.1, -0.05) is 25.3 Å². The summed E-state index contributed by atoms with van der Waals surface area (Å²) < 4.78 is 0. The van der Waals surface area contributed by atoms with Crippen LogP contribution in [-0.2, 0) is 6.54 Å². The van der Waals surface area contributed by atoms with Crippen LogP contribution in [0.2, 0.25) is 0 Å². The summed E-state index contributed by atoms with van der Waals surface area (Å²) in [6.07, 6.45) is 3.40. The van der Waals surface area contributed by atoms with Gasteiger partial charge in [-0.2, -0.15) is 0 Å². The quantitative estimate of drug-likeness (QED) is 0.483. The zero-order chi connectivity index (χ0) is 20.8. The summed E-state index contributed by atoms with van der Waals surface area (Å²) in [5.41, 5.74) is 2.68. The third-order valence-corrected chi connectivity index (χ3v) is 6.64. The van der Waals surface area contributed by atoms with Crippen molar-refractivity contribution in [2.45, 2.75) is 23.9 Å². The summed E-state index contributed by atoms with van der Waals surface area (Å²) in [7, 11) is 3.62. The van der Waals surface area contributed by atoms with Crippen molar-refractivity contribution in [1.29, 1.82) is 0 Å². The molecular formula is C22H26N6O2S. The zero-order valence-corrected chi connectivity index (χ0v) is 17.7. The lowest BCUT2D eigenvalue weighted by atomic mass is 10.1.